The number of rotatable bonds is 6. The van der Waals surface area contributed by atoms with E-state index in [4.69, 9.17) is 4.42 Å². The quantitative estimate of drug-likeness (QED) is 0.296. The van der Waals surface area contributed by atoms with Gasteiger partial charge in [-0.05, 0) is 29.7 Å². The monoisotopic (exact) mass is 468 g/mol. The topological polar surface area (TPSA) is 69.9 Å². The molecule has 0 radical (unpaired) electrons. The molecule has 0 fully saturated rings. The second-order valence-corrected chi connectivity index (χ2v) is 6.05. The largest absolute Gasteiger partial charge is 0.467 e. The van der Waals surface area contributed by atoms with Crippen LogP contribution in [-0.2, 0) is 24.4 Å². The highest BCUT2D eigenvalue weighted by Crippen LogP contribution is 2.22. The number of furan rings is 1. The molecule has 0 saturated heterocycles. The second-order valence-electron chi connectivity index (χ2n) is 6.05. The highest BCUT2D eigenvalue weighted by molar-refractivity contribution is 14.0. The van der Waals surface area contributed by atoms with Gasteiger partial charge in [0, 0.05) is 33.1 Å². The fourth-order valence-electron chi connectivity index (χ4n) is 2.92. The van der Waals surface area contributed by atoms with Crippen LogP contribution in [-0.4, -0.2) is 30.4 Å². The molecule has 0 saturated carbocycles. The van der Waals surface area contributed by atoms with Crippen molar-refractivity contribution in [2.75, 3.05) is 13.6 Å². The van der Waals surface area contributed by atoms with E-state index < -0.39 is 0 Å². The predicted octanol–water partition coefficient (Wildman–Crippen LogP) is 2.89. The smallest absolute Gasteiger partial charge is 0.223 e. The minimum Gasteiger partial charge on any atom is -0.467 e. The van der Waals surface area contributed by atoms with Crippen LogP contribution < -0.4 is 10.6 Å². The summed E-state index contributed by atoms with van der Waals surface area (Å²) >= 11 is 0. The lowest BCUT2D eigenvalue weighted by molar-refractivity contribution is -0.131. The van der Waals surface area contributed by atoms with Crippen molar-refractivity contribution in [1.29, 1.82) is 0 Å². The third-order valence-corrected chi connectivity index (χ3v) is 4.29. The van der Waals surface area contributed by atoms with Crippen LogP contribution in [0, 0.1) is 0 Å². The van der Waals surface area contributed by atoms with Crippen LogP contribution >= 0.6 is 24.0 Å². The van der Waals surface area contributed by atoms with Crippen LogP contribution in [0.25, 0.3) is 0 Å². The molecule has 1 aliphatic rings. The first kappa shape index (κ1) is 20.3. The SMILES string of the molecule is CN=C(NCCCC(=O)N1Cc2ccccc2C1)NCc1ccco1.I. The standard InChI is InChI=1S/C19H24N4O2.HI/c1-20-19(22-12-17-8-5-11-25-17)21-10-4-9-18(24)23-13-15-6-2-3-7-16(15)14-23;/h2-3,5-8,11H,4,9-10,12-14H2,1H3,(H2,20,21,22);1H. The van der Waals surface area contributed by atoms with Gasteiger partial charge < -0.3 is 20.0 Å². The Morgan fingerprint density at radius 2 is 1.88 bits per heavy atom. The summed E-state index contributed by atoms with van der Waals surface area (Å²) in [6.45, 7) is 2.74. The van der Waals surface area contributed by atoms with E-state index in [0.29, 0.717) is 25.5 Å². The lowest BCUT2D eigenvalue weighted by atomic mass is 10.1. The zero-order valence-corrected chi connectivity index (χ0v) is 17.2. The van der Waals surface area contributed by atoms with E-state index in [2.05, 4.69) is 27.8 Å². The fourth-order valence-corrected chi connectivity index (χ4v) is 2.92. The van der Waals surface area contributed by atoms with E-state index in [1.807, 2.05) is 29.2 Å². The number of amides is 1. The summed E-state index contributed by atoms with van der Waals surface area (Å²) in [5, 5.41) is 6.40. The summed E-state index contributed by atoms with van der Waals surface area (Å²) in [7, 11) is 1.73. The molecule has 0 spiro atoms. The third kappa shape index (κ3) is 5.48. The number of benzene rings is 1. The van der Waals surface area contributed by atoms with Gasteiger partial charge in [-0.2, -0.15) is 0 Å². The van der Waals surface area contributed by atoms with Gasteiger partial charge in [-0.25, -0.2) is 0 Å². The van der Waals surface area contributed by atoms with Gasteiger partial charge in [0.05, 0.1) is 12.8 Å². The van der Waals surface area contributed by atoms with Gasteiger partial charge >= 0.3 is 0 Å². The average molecular weight is 468 g/mol. The lowest BCUT2D eigenvalue weighted by Gasteiger charge is -2.16. The van der Waals surface area contributed by atoms with Crippen molar-refractivity contribution in [1.82, 2.24) is 15.5 Å². The van der Waals surface area contributed by atoms with Gasteiger partial charge in [0.25, 0.3) is 0 Å². The highest BCUT2D eigenvalue weighted by atomic mass is 127. The molecule has 6 nitrogen and oxygen atoms in total. The maximum atomic E-state index is 12.3. The number of fused-ring (bicyclic) bond motifs is 1. The van der Waals surface area contributed by atoms with E-state index in [1.54, 1.807) is 13.3 Å². The zero-order valence-electron chi connectivity index (χ0n) is 14.9. The molecular formula is C19H25IN4O2. The van der Waals surface area contributed by atoms with Crippen LogP contribution in [0.5, 0.6) is 0 Å². The molecule has 1 aromatic carbocycles. The van der Waals surface area contributed by atoms with Gasteiger partial charge in [0.15, 0.2) is 5.96 Å². The summed E-state index contributed by atoms with van der Waals surface area (Å²) in [5.74, 6) is 1.76. The number of halogens is 1. The van der Waals surface area contributed by atoms with Crippen LogP contribution in [0.3, 0.4) is 0 Å². The summed E-state index contributed by atoms with van der Waals surface area (Å²) < 4.78 is 5.27. The first-order valence-corrected chi connectivity index (χ1v) is 8.57. The second kappa shape index (κ2) is 10.2. The van der Waals surface area contributed by atoms with Crippen LogP contribution in [0.4, 0.5) is 0 Å². The summed E-state index contributed by atoms with van der Waals surface area (Å²) in [4.78, 5) is 18.4. The van der Waals surface area contributed by atoms with Gasteiger partial charge in [0.1, 0.15) is 5.76 Å². The first-order chi connectivity index (χ1) is 12.3. The Hall–Kier alpha value is -2.03. The van der Waals surface area contributed by atoms with Crippen molar-refractivity contribution in [3.63, 3.8) is 0 Å². The molecule has 0 atom stereocenters. The van der Waals surface area contributed by atoms with E-state index in [1.165, 1.54) is 11.1 Å². The molecule has 0 bridgehead atoms. The molecule has 2 N–H and O–H groups in total. The lowest BCUT2D eigenvalue weighted by Crippen LogP contribution is -2.37. The number of nitrogens with one attached hydrogen (secondary N) is 2. The van der Waals surface area contributed by atoms with Gasteiger partial charge in [-0.3, -0.25) is 9.79 Å². The Labute approximate surface area is 171 Å². The van der Waals surface area contributed by atoms with E-state index in [9.17, 15) is 4.79 Å². The summed E-state index contributed by atoms with van der Waals surface area (Å²) in [5.41, 5.74) is 2.52. The zero-order chi connectivity index (χ0) is 17.5. The number of hydrogen-bond donors (Lipinski definition) is 2. The first-order valence-electron chi connectivity index (χ1n) is 8.57. The number of nitrogens with zero attached hydrogens (tertiary/aromatic N) is 2. The molecule has 1 aliphatic heterocycles. The molecule has 0 unspecified atom stereocenters. The van der Waals surface area contributed by atoms with Crippen LogP contribution in [0.15, 0.2) is 52.1 Å². The molecule has 7 heteroatoms. The van der Waals surface area contributed by atoms with Crippen molar-refractivity contribution in [3.05, 3.63) is 59.5 Å². The average Bonchev–Trinajstić information content (AvgIpc) is 3.30. The maximum absolute atomic E-state index is 12.3. The number of hydrogen-bond acceptors (Lipinski definition) is 3. The molecule has 3 rings (SSSR count). The van der Waals surface area contributed by atoms with Crippen LogP contribution in [0.1, 0.15) is 29.7 Å². The minimum absolute atomic E-state index is 0. The van der Waals surface area contributed by atoms with Crippen LogP contribution in [0.2, 0.25) is 0 Å². The molecule has 140 valence electrons. The molecule has 1 amide bonds. The molecule has 1 aromatic heterocycles. The van der Waals surface area contributed by atoms with Crippen molar-refractivity contribution < 1.29 is 9.21 Å². The maximum Gasteiger partial charge on any atom is 0.223 e. The number of carbonyl (C=O) groups excluding carboxylic acids is 1. The van der Waals surface area contributed by atoms with Gasteiger partial charge in [-0.15, -0.1) is 24.0 Å². The van der Waals surface area contributed by atoms with Crippen molar-refractivity contribution >= 4 is 35.8 Å². The van der Waals surface area contributed by atoms with Crippen molar-refractivity contribution in [2.24, 2.45) is 4.99 Å². The van der Waals surface area contributed by atoms with Crippen molar-refractivity contribution in [2.45, 2.75) is 32.5 Å². The number of carbonyl (C=O) groups is 1. The van der Waals surface area contributed by atoms with E-state index in [0.717, 1.165) is 25.3 Å². The fraction of sp³-hybridized carbons (Fsp3) is 0.368. The molecule has 0 aliphatic carbocycles. The van der Waals surface area contributed by atoms with E-state index in [-0.39, 0.29) is 29.9 Å². The molecule has 2 aromatic rings. The highest BCUT2D eigenvalue weighted by Gasteiger charge is 2.22. The Morgan fingerprint density at radius 1 is 1.15 bits per heavy atom. The Bertz CT molecular complexity index is 706. The minimum atomic E-state index is 0. The summed E-state index contributed by atoms with van der Waals surface area (Å²) in [6, 6.07) is 12.0. The predicted molar refractivity (Wildman–Crippen MR) is 112 cm³/mol. The Morgan fingerprint density at radius 3 is 2.50 bits per heavy atom. The summed E-state index contributed by atoms with van der Waals surface area (Å²) in [6.07, 6.45) is 2.96. The van der Waals surface area contributed by atoms with Gasteiger partial charge in [0.2, 0.25) is 5.91 Å². The van der Waals surface area contributed by atoms with Gasteiger partial charge in [-0.1, -0.05) is 24.3 Å². The Kier molecular flexibility index (Phi) is 7.96. The normalized spacial score (nSPS) is 13.1. The number of guanidine groups is 1. The molecular weight excluding hydrogens is 443 g/mol. The van der Waals surface area contributed by atoms with Crippen molar-refractivity contribution in [3.8, 4) is 0 Å². The Balaban J connectivity index is 0.00000243. The molecule has 2 heterocycles. The van der Waals surface area contributed by atoms with E-state index >= 15 is 0 Å². The molecule has 26 heavy (non-hydrogen) atoms. The third-order valence-electron chi connectivity index (χ3n) is 4.29. The number of aliphatic imine (C=N–C) groups is 1.